The number of carbonyl (C=O) groups excluding carboxylic acids is 3. The van der Waals surface area contributed by atoms with Gasteiger partial charge >= 0.3 is 0 Å². The zero-order valence-corrected chi connectivity index (χ0v) is 18.0. The molecule has 1 unspecified atom stereocenters. The molecule has 1 aromatic carbocycles. The first-order valence-electron chi connectivity index (χ1n) is 11.1. The van der Waals surface area contributed by atoms with Crippen molar-refractivity contribution in [1.82, 2.24) is 24.9 Å². The molecule has 0 saturated carbocycles. The molecular weight excluding hydrogens is 413 g/mol. The van der Waals surface area contributed by atoms with Crippen LogP contribution in [-0.2, 0) is 29.7 Å². The molecule has 4 heterocycles. The average Bonchev–Trinajstić information content (AvgIpc) is 3.31. The lowest BCUT2D eigenvalue weighted by molar-refractivity contribution is -0.136. The van der Waals surface area contributed by atoms with Gasteiger partial charge in [-0.05, 0) is 61.5 Å². The van der Waals surface area contributed by atoms with Crippen LogP contribution >= 0.6 is 0 Å². The number of aryl methyl sites for hydroxylation is 1. The number of imide groups is 1. The van der Waals surface area contributed by atoms with Gasteiger partial charge in [0.25, 0.3) is 5.91 Å². The summed E-state index contributed by atoms with van der Waals surface area (Å²) in [5, 5.41) is 6.72. The zero-order valence-electron chi connectivity index (χ0n) is 18.0. The van der Waals surface area contributed by atoms with Crippen molar-refractivity contribution in [2.45, 2.75) is 50.7 Å². The van der Waals surface area contributed by atoms with E-state index >= 15 is 4.39 Å². The van der Waals surface area contributed by atoms with Crippen LogP contribution in [0, 0.1) is 5.82 Å². The Labute approximate surface area is 185 Å². The Morgan fingerprint density at radius 1 is 1.16 bits per heavy atom. The van der Waals surface area contributed by atoms with Gasteiger partial charge < -0.3 is 4.90 Å². The highest BCUT2D eigenvalue weighted by Gasteiger charge is 2.40. The monoisotopic (exact) mass is 439 g/mol. The van der Waals surface area contributed by atoms with E-state index in [-0.39, 0.29) is 36.5 Å². The van der Waals surface area contributed by atoms with Gasteiger partial charge in [-0.25, -0.2) is 4.39 Å². The molecule has 0 bridgehead atoms. The number of benzene rings is 1. The first kappa shape index (κ1) is 20.8. The number of halogens is 1. The molecule has 1 aromatic heterocycles. The number of hydrogen-bond donors (Lipinski definition) is 1. The molecule has 3 aliphatic rings. The Morgan fingerprint density at radius 3 is 2.62 bits per heavy atom. The minimum absolute atomic E-state index is 0.0973. The van der Waals surface area contributed by atoms with Crippen LogP contribution in [0.3, 0.4) is 0 Å². The number of piperidine rings is 2. The van der Waals surface area contributed by atoms with Gasteiger partial charge in [0.05, 0.1) is 5.69 Å². The minimum Gasteiger partial charge on any atom is -0.322 e. The first-order chi connectivity index (χ1) is 15.4. The summed E-state index contributed by atoms with van der Waals surface area (Å²) in [5.74, 6) is -1.38. The molecule has 32 heavy (non-hydrogen) atoms. The third-order valence-corrected chi connectivity index (χ3v) is 6.82. The molecule has 168 valence electrons. The molecule has 1 N–H and O–H groups in total. The van der Waals surface area contributed by atoms with E-state index in [1.807, 2.05) is 25.4 Å². The van der Waals surface area contributed by atoms with Crippen LogP contribution in [-0.4, -0.2) is 56.4 Å². The maximum Gasteiger partial charge on any atom is 0.255 e. The lowest BCUT2D eigenvalue weighted by Gasteiger charge is -2.32. The number of nitrogens with zero attached hydrogens (tertiary/aromatic N) is 4. The van der Waals surface area contributed by atoms with E-state index in [1.165, 1.54) is 11.0 Å². The van der Waals surface area contributed by atoms with Crippen molar-refractivity contribution in [2.24, 2.45) is 7.05 Å². The third kappa shape index (κ3) is 3.81. The van der Waals surface area contributed by atoms with E-state index in [0.29, 0.717) is 17.5 Å². The Kier molecular flexibility index (Phi) is 5.28. The molecule has 2 saturated heterocycles. The van der Waals surface area contributed by atoms with Crippen LogP contribution in [0.4, 0.5) is 4.39 Å². The van der Waals surface area contributed by atoms with Crippen LogP contribution in [0.1, 0.15) is 58.8 Å². The second kappa shape index (κ2) is 8.12. The van der Waals surface area contributed by atoms with Crippen molar-refractivity contribution in [3.05, 3.63) is 52.6 Å². The molecule has 0 spiro atoms. The summed E-state index contributed by atoms with van der Waals surface area (Å²) in [6.07, 6.45) is 4.11. The second-order valence-corrected chi connectivity index (χ2v) is 8.96. The van der Waals surface area contributed by atoms with E-state index in [2.05, 4.69) is 15.3 Å². The van der Waals surface area contributed by atoms with Gasteiger partial charge in [0, 0.05) is 38.3 Å². The van der Waals surface area contributed by atoms with E-state index < -0.39 is 11.9 Å². The SMILES string of the molecule is Cn1ccc(CN2CCC(c3cc4c(cc3F)C(=O)N(C3CCC(=O)NC3=O)C4)CC2)n1. The number of rotatable bonds is 4. The number of likely N-dealkylation sites (tertiary alicyclic amines) is 1. The summed E-state index contributed by atoms with van der Waals surface area (Å²) in [5.41, 5.74) is 2.76. The maximum absolute atomic E-state index is 15.0. The molecule has 3 amide bonds. The summed E-state index contributed by atoms with van der Waals surface area (Å²) in [7, 11) is 1.90. The smallest absolute Gasteiger partial charge is 0.255 e. The van der Waals surface area contributed by atoms with E-state index in [0.717, 1.165) is 43.7 Å². The topological polar surface area (TPSA) is 87.5 Å². The number of carbonyl (C=O) groups is 3. The molecule has 1 atom stereocenters. The standard InChI is InChI=1S/C23H26FN5O3/c1-27-7-6-16(26-27)13-28-8-4-14(5-9-28)17-10-15-12-29(23(32)18(15)11-19(17)24)20-2-3-21(30)25-22(20)31/h6-7,10-11,14,20H,2-5,8-9,12-13H2,1H3,(H,25,30,31). The molecule has 9 heteroatoms. The number of amides is 3. The van der Waals surface area contributed by atoms with Crippen LogP contribution < -0.4 is 5.32 Å². The van der Waals surface area contributed by atoms with Crippen LogP contribution in [0.25, 0.3) is 0 Å². The number of fused-ring (bicyclic) bond motifs is 1. The summed E-state index contributed by atoms with van der Waals surface area (Å²) in [4.78, 5) is 40.3. The van der Waals surface area contributed by atoms with Gasteiger partial charge in [0.2, 0.25) is 11.8 Å². The molecule has 0 radical (unpaired) electrons. The Morgan fingerprint density at radius 2 is 1.94 bits per heavy atom. The first-order valence-corrected chi connectivity index (χ1v) is 11.1. The van der Waals surface area contributed by atoms with Crippen LogP contribution in [0.2, 0.25) is 0 Å². The predicted molar refractivity (Wildman–Crippen MR) is 113 cm³/mol. The molecule has 8 nitrogen and oxygen atoms in total. The molecule has 5 rings (SSSR count). The number of aromatic nitrogens is 2. The lowest BCUT2D eigenvalue weighted by Crippen LogP contribution is -2.52. The van der Waals surface area contributed by atoms with E-state index in [9.17, 15) is 14.4 Å². The van der Waals surface area contributed by atoms with Gasteiger partial charge in [-0.2, -0.15) is 5.10 Å². The fraction of sp³-hybridized carbons (Fsp3) is 0.478. The molecule has 2 fully saturated rings. The predicted octanol–water partition coefficient (Wildman–Crippen LogP) is 1.70. The van der Waals surface area contributed by atoms with Gasteiger partial charge in [-0.1, -0.05) is 6.07 Å². The van der Waals surface area contributed by atoms with Crippen molar-refractivity contribution in [1.29, 1.82) is 0 Å². The molecule has 2 aromatic rings. The highest BCUT2D eigenvalue weighted by Crippen LogP contribution is 2.35. The number of nitrogens with one attached hydrogen (secondary N) is 1. The average molecular weight is 439 g/mol. The molecular formula is C23H26FN5O3. The zero-order chi connectivity index (χ0) is 22.4. The Balaban J connectivity index is 1.27. The highest BCUT2D eigenvalue weighted by atomic mass is 19.1. The summed E-state index contributed by atoms with van der Waals surface area (Å²) >= 11 is 0. The second-order valence-electron chi connectivity index (χ2n) is 8.96. The Hall–Kier alpha value is -3.07. The van der Waals surface area contributed by atoms with Crippen LogP contribution in [0.15, 0.2) is 24.4 Å². The van der Waals surface area contributed by atoms with Crippen molar-refractivity contribution in [2.75, 3.05) is 13.1 Å². The van der Waals surface area contributed by atoms with Crippen molar-refractivity contribution in [3.8, 4) is 0 Å². The minimum atomic E-state index is -0.686. The lowest BCUT2D eigenvalue weighted by atomic mass is 9.87. The maximum atomic E-state index is 15.0. The quantitative estimate of drug-likeness (QED) is 0.733. The fourth-order valence-electron chi connectivity index (χ4n) is 5.10. The van der Waals surface area contributed by atoms with Gasteiger partial charge in [-0.3, -0.25) is 29.3 Å². The van der Waals surface area contributed by atoms with Crippen molar-refractivity contribution < 1.29 is 18.8 Å². The largest absolute Gasteiger partial charge is 0.322 e. The molecule has 0 aliphatic carbocycles. The number of hydrogen-bond acceptors (Lipinski definition) is 5. The summed E-state index contributed by atoms with van der Waals surface area (Å²) < 4.78 is 16.8. The highest BCUT2D eigenvalue weighted by molar-refractivity contribution is 6.05. The van der Waals surface area contributed by atoms with Gasteiger partial charge in [-0.15, -0.1) is 0 Å². The van der Waals surface area contributed by atoms with E-state index in [4.69, 9.17) is 0 Å². The van der Waals surface area contributed by atoms with E-state index in [1.54, 1.807) is 4.68 Å². The normalized spacial score (nSPS) is 22.4. The summed E-state index contributed by atoms with van der Waals surface area (Å²) in [6.45, 7) is 2.78. The van der Waals surface area contributed by atoms with Crippen molar-refractivity contribution in [3.63, 3.8) is 0 Å². The fourth-order valence-corrected chi connectivity index (χ4v) is 5.10. The van der Waals surface area contributed by atoms with Gasteiger partial charge in [0.15, 0.2) is 0 Å². The summed E-state index contributed by atoms with van der Waals surface area (Å²) in [6, 6.07) is 4.47. The molecule has 3 aliphatic heterocycles. The third-order valence-electron chi connectivity index (χ3n) is 6.82. The van der Waals surface area contributed by atoms with Gasteiger partial charge in [0.1, 0.15) is 11.9 Å². The van der Waals surface area contributed by atoms with Crippen LogP contribution in [0.5, 0.6) is 0 Å². The van der Waals surface area contributed by atoms with Crippen molar-refractivity contribution >= 4 is 17.7 Å². The Bertz CT molecular complexity index is 1090.